The predicted octanol–water partition coefficient (Wildman–Crippen LogP) is 4.15. The second-order valence-corrected chi connectivity index (χ2v) is 8.48. The molecular formula is C26H26N2O7. The first-order chi connectivity index (χ1) is 16.8. The number of dihydropyridines is 1. The van der Waals surface area contributed by atoms with Gasteiger partial charge in [0.15, 0.2) is 17.3 Å². The van der Waals surface area contributed by atoms with E-state index in [1.807, 2.05) is 18.2 Å². The molecule has 0 saturated heterocycles. The molecule has 35 heavy (non-hydrogen) atoms. The number of rotatable bonds is 6. The zero-order valence-electron chi connectivity index (χ0n) is 19.9. The van der Waals surface area contributed by atoms with E-state index in [9.17, 15) is 19.7 Å². The molecule has 1 heterocycles. The van der Waals surface area contributed by atoms with Crippen molar-refractivity contribution in [2.45, 2.75) is 31.6 Å². The number of ether oxygens (including phenoxy) is 3. The Morgan fingerprint density at radius 1 is 1.03 bits per heavy atom. The lowest BCUT2D eigenvalue weighted by atomic mass is 9.71. The van der Waals surface area contributed by atoms with Crippen LogP contribution in [0.1, 0.15) is 42.7 Å². The number of esters is 1. The van der Waals surface area contributed by atoms with Gasteiger partial charge < -0.3 is 19.5 Å². The zero-order chi connectivity index (χ0) is 25.3. The molecule has 4 rings (SSSR count). The number of ketones is 1. The van der Waals surface area contributed by atoms with Gasteiger partial charge in [0.05, 0.1) is 31.8 Å². The SMILES string of the molecule is COC(=O)C1=C(C)NC2=C(C(=O)C[C@@H](c3ccc(OC)c(OC)c3)C2)[C@H]1c1cccc([N+](=O)[O-])c1. The predicted molar refractivity (Wildman–Crippen MR) is 127 cm³/mol. The van der Waals surface area contributed by atoms with E-state index in [1.54, 1.807) is 33.3 Å². The third kappa shape index (κ3) is 4.37. The van der Waals surface area contributed by atoms with E-state index in [1.165, 1.54) is 19.2 Å². The monoisotopic (exact) mass is 478 g/mol. The van der Waals surface area contributed by atoms with Crippen molar-refractivity contribution in [3.63, 3.8) is 0 Å². The van der Waals surface area contributed by atoms with Gasteiger partial charge in [-0.2, -0.15) is 0 Å². The molecule has 0 bridgehead atoms. The lowest BCUT2D eigenvalue weighted by Gasteiger charge is -2.36. The maximum atomic E-state index is 13.6. The van der Waals surface area contributed by atoms with E-state index in [0.717, 1.165) is 5.56 Å². The van der Waals surface area contributed by atoms with Crippen molar-refractivity contribution in [3.8, 4) is 11.5 Å². The van der Waals surface area contributed by atoms with Crippen LogP contribution in [0.15, 0.2) is 65.0 Å². The van der Waals surface area contributed by atoms with Crippen LogP contribution >= 0.6 is 0 Å². The maximum Gasteiger partial charge on any atom is 0.336 e. The molecule has 2 aromatic rings. The molecule has 0 amide bonds. The van der Waals surface area contributed by atoms with Gasteiger partial charge in [-0.25, -0.2) is 4.79 Å². The Labute approximate surface area is 202 Å². The molecule has 1 N–H and O–H groups in total. The fraction of sp³-hybridized carbons (Fsp3) is 0.308. The molecule has 1 aliphatic heterocycles. The van der Waals surface area contributed by atoms with Crippen molar-refractivity contribution in [3.05, 3.63) is 86.2 Å². The van der Waals surface area contributed by atoms with Crippen LogP contribution in [0.3, 0.4) is 0 Å². The third-order valence-corrected chi connectivity index (χ3v) is 6.53. The second-order valence-electron chi connectivity index (χ2n) is 8.48. The second kappa shape index (κ2) is 9.61. The van der Waals surface area contributed by atoms with Crippen LogP contribution < -0.4 is 14.8 Å². The summed E-state index contributed by atoms with van der Waals surface area (Å²) in [7, 11) is 4.39. The summed E-state index contributed by atoms with van der Waals surface area (Å²) in [5.74, 6) is -0.435. The Balaban J connectivity index is 1.80. The summed E-state index contributed by atoms with van der Waals surface area (Å²) < 4.78 is 15.8. The number of nitro benzene ring substituents is 1. The Morgan fingerprint density at radius 2 is 1.77 bits per heavy atom. The molecule has 182 valence electrons. The fourth-order valence-corrected chi connectivity index (χ4v) is 4.91. The highest BCUT2D eigenvalue weighted by molar-refractivity contribution is 6.04. The normalized spacial score (nSPS) is 19.6. The molecule has 0 spiro atoms. The maximum absolute atomic E-state index is 13.6. The van der Waals surface area contributed by atoms with E-state index in [-0.39, 0.29) is 29.4 Å². The minimum absolute atomic E-state index is 0.114. The van der Waals surface area contributed by atoms with E-state index in [0.29, 0.717) is 40.5 Å². The largest absolute Gasteiger partial charge is 0.493 e. The highest BCUT2D eigenvalue weighted by Gasteiger charge is 2.41. The first-order valence-corrected chi connectivity index (χ1v) is 11.1. The van der Waals surface area contributed by atoms with Gasteiger partial charge in [0.1, 0.15) is 0 Å². The number of carbonyl (C=O) groups excluding carboxylic acids is 2. The van der Waals surface area contributed by atoms with Crippen molar-refractivity contribution in [2.75, 3.05) is 21.3 Å². The smallest absolute Gasteiger partial charge is 0.336 e. The number of Topliss-reactive ketones (excluding diaryl/α,β-unsaturated/α-hetero) is 1. The molecular weight excluding hydrogens is 452 g/mol. The summed E-state index contributed by atoms with van der Waals surface area (Å²) in [5, 5.41) is 14.7. The van der Waals surface area contributed by atoms with Gasteiger partial charge >= 0.3 is 5.97 Å². The summed E-state index contributed by atoms with van der Waals surface area (Å²) >= 11 is 0. The van der Waals surface area contributed by atoms with Crippen LogP contribution in [0.4, 0.5) is 5.69 Å². The average molecular weight is 479 g/mol. The van der Waals surface area contributed by atoms with Crippen molar-refractivity contribution < 1.29 is 28.7 Å². The zero-order valence-corrected chi connectivity index (χ0v) is 19.9. The van der Waals surface area contributed by atoms with Crippen LogP contribution in [0.25, 0.3) is 0 Å². The number of hydrogen-bond acceptors (Lipinski definition) is 8. The molecule has 0 radical (unpaired) electrons. The van der Waals surface area contributed by atoms with Crippen LogP contribution in [-0.2, 0) is 14.3 Å². The number of methoxy groups -OCH3 is 3. The molecule has 2 aromatic carbocycles. The van der Waals surface area contributed by atoms with E-state index < -0.39 is 16.8 Å². The number of carbonyl (C=O) groups is 2. The first-order valence-electron chi connectivity index (χ1n) is 11.1. The summed E-state index contributed by atoms with van der Waals surface area (Å²) in [6, 6.07) is 11.6. The lowest BCUT2D eigenvalue weighted by molar-refractivity contribution is -0.384. The van der Waals surface area contributed by atoms with Gasteiger partial charge in [-0.05, 0) is 42.5 Å². The molecule has 2 aliphatic rings. The molecule has 1 aliphatic carbocycles. The number of benzene rings is 2. The Kier molecular flexibility index (Phi) is 6.59. The molecule has 2 atom stereocenters. The fourth-order valence-electron chi connectivity index (χ4n) is 4.91. The van der Waals surface area contributed by atoms with Gasteiger partial charge in [-0.3, -0.25) is 14.9 Å². The minimum atomic E-state index is -0.766. The summed E-state index contributed by atoms with van der Waals surface area (Å²) in [5.41, 5.74) is 3.26. The standard InChI is InChI=1S/C26H26N2O7/c1-14-23(26(30)35-4)24(16-6-5-7-18(10-16)28(31)32)25-19(27-14)11-17(12-20(25)29)15-8-9-21(33-2)22(13-15)34-3/h5-10,13,17,24,27H,11-12H2,1-4H3/t17-,24-/m0/s1. The highest BCUT2D eigenvalue weighted by atomic mass is 16.6. The molecule has 0 unspecified atom stereocenters. The first kappa shape index (κ1) is 24.0. The van der Waals surface area contributed by atoms with Gasteiger partial charge in [-0.1, -0.05) is 18.2 Å². The Morgan fingerprint density at radius 3 is 2.43 bits per heavy atom. The molecule has 0 fully saturated rings. The minimum Gasteiger partial charge on any atom is -0.493 e. The van der Waals surface area contributed by atoms with Crippen molar-refractivity contribution in [1.29, 1.82) is 0 Å². The number of nitro groups is 1. The third-order valence-electron chi connectivity index (χ3n) is 6.53. The van der Waals surface area contributed by atoms with E-state index in [2.05, 4.69) is 5.32 Å². The lowest BCUT2D eigenvalue weighted by Crippen LogP contribution is -2.36. The molecule has 9 heteroatoms. The quantitative estimate of drug-likeness (QED) is 0.374. The number of nitrogens with one attached hydrogen (secondary N) is 1. The van der Waals surface area contributed by atoms with Crippen molar-refractivity contribution in [2.24, 2.45) is 0 Å². The van der Waals surface area contributed by atoms with Gasteiger partial charge in [-0.15, -0.1) is 0 Å². The average Bonchev–Trinajstić information content (AvgIpc) is 2.86. The number of hydrogen-bond donors (Lipinski definition) is 1. The Hall–Kier alpha value is -4.14. The highest BCUT2D eigenvalue weighted by Crippen LogP contribution is 2.46. The van der Waals surface area contributed by atoms with Gasteiger partial charge in [0, 0.05) is 41.4 Å². The van der Waals surface area contributed by atoms with Crippen LogP contribution in [-0.4, -0.2) is 38.0 Å². The summed E-state index contributed by atoms with van der Waals surface area (Å²) in [4.78, 5) is 37.3. The molecule has 9 nitrogen and oxygen atoms in total. The van der Waals surface area contributed by atoms with Gasteiger partial charge in [0.2, 0.25) is 0 Å². The number of non-ortho nitro benzene ring substituents is 1. The van der Waals surface area contributed by atoms with Crippen LogP contribution in [0.2, 0.25) is 0 Å². The van der Waals surface area contributed by atoms with Gasteiger partial charge in [0.25, 0.3) is 5.69 Å². The van der Waals surface area contributed by atoms with E-state index >= 15 is 0 Å². The number of allylic oxidation sites excluding steroid dienone is 3. The summed E-state index contributed by atoms with van der Waals surface area (Å²) in [6.45, 7) is 1.74. The van der Waals surface area contributed by atoms with Crippen LogP contribution in [0, 0.1) is 10.1 Å². The number of nitrogens with zero attached hydrogens (tertiary/aromatic N) is 1. The summed E-state index contributed by atoms with van der Waals surface area (Å²) in [6.07, 6.45) is 0.739. The van der Waals surface area contributed by atoms with E-state index in [4.69, 9.17) is 14.2 Å². The topological polar surface area (TPSA) is 117 Å². The Bertz CT molecular complexity index is 1280. The molecule has 0 aromatic heterocycles. The molecule has 0 saturated carbocycles. The van der Waals surface area contributed by atoms with Crippen molar-refractivity contribution >= 4 is 17.4 Å². The van der Waals surface area contributed by atoms with Crippen molar-refractivity contribution in [1.82, 2.24) is 5.32 Å². The van der Waals surface area contributed by atoms with Crippen LogP contribution in [0.5, 0.6) is 11.5 Å².